The molecule has 80 valence electrons. The van der Waals surface area contributed by atoms with E-state index in [9.17, 15) is 9.90 Å². The fourth-order valence-corrected chi connectivity index (χ4v) is 2.25. The van der Waals surface area contributed by atoms with Crippen molar-refractivity contribution in [3.05, 3.63) is 36.0 Å². The monoisotopic (exact) mass is 234 g/mol. The second kappa shape index (κ2) is 3.17. The third kappa shape index (κ3) is 1.15. The maximum atomic E-state index is 11.2. The minimum atomic E-state index is -1.01. The lowest BCUT2D eigenvalue weighted by atomic mass is 10.4. The maximum Gasteiger partial charge on any atom is 0.356 e. The molecular weight excluding hydrogens is 228 g/mol. The molecule has 3 aromatic rings. The number of aromatic carboxylic acids is 1. The lowest BCUT2D eigenvalue weighted by Crippen LogP contribution is -2.05. The van der Waals surface area contributed by atoms with Crippen molar-refractivity contribution in [3.8, 4) is 5.82 Å². The molecule has 0 saturated heterocycles. The molecule has 1 N–H and O–H groups in total. The van der Waals surface area contributed by atoms with E-state index in [0.717, 1.165) is 0 Å². The quantitative estimate of drug-likeness (QED) is 0.725. The third-order valence-electron chi connectivity index (χ3n) is 2.20. The number of carboxylic acids is 1. The molecule has 0 atom stereocenters. The highest BCUT2D eigenvalue weighted by atomic mass is 32.1. The van der Waals surface area contributed by atoms with Gasteiger partial charge in [0.2, 0.25) is 0 Å². The molecule has 0 spiro atoms. The molecule has 0 aliphatic rings. The molecule has 3 heterocycles. The van der Waals surface area contributed by atoms with E-state index < -0.39 is 5.97 Å². The molecule has 0 fully saturated rings. The van der Waals surface area contributed by atoms with Crippen molar-refractivity contribution in [2.75, 3.05) is 0 Å². The van der Waals surface area contributed by atoms with Crippen molar-refractivity contribution in [1.82, 2.24) is 18.9 Å². The van der Waals surface area contributed by atoms with Crippen molar-refractivity contribution in [3.63, 3.8) is 0 Å². The van der Waals surface area contributed by atoms with E-state index in [1.54, 1.807) is 32.9 Å². The molecule has 0 bridgehead atoms. The number of carboxylic acid groups (broad SMARTS) is 1. The van der Waals surface area contributed by atoms with Gasteiger partial charge >= 0.3 is 5.97 Å². The molecule has 0 aliphatic carbocycles. The Kier molecular flexibility index (Phi) is 1.80. The average Bonchev–Trinajstić information content (AvgIpc) is 2.92. The number of hydrogen-bond acceptors (Lipinski definition) is 4. The Balaban J connectivity index is 2.35. The highest BCUT2D eigenvalue weighted by molar-refractivity contribution is 7.15. The summed E-state index contributed by atoms with van der Waals surface area (Å²) in [5.74, 6) is -0.619. The van der Waals surface area contributed by atoms with E-state index in [0.29, 0.717) is 10.8 Å². The topological polar surface area (TPSA) is 72.4 Å². The fourth-order valence-electron chi connectivity index (χ4n) is 1.54. The van der Waals surface area contributed by atoms with Gasteiger partial charge in [0.05, 0.1) is 0 Å². The molecule has 0 amide bonds. The summed E-state index contributed by atoms with van der Waals surface area (Å²) in [6.45, 7) is 0. The van der Waals surface area contributed by atoms with Crippen LogP contribution in [0.15, 0.2) is 30.3 Å². The van der Waals surface area contributed by atoms with E-state index in [1.807, 2.05) is 0 Å². The Morgan fingerprint density at radius 2 is 2.31 bits per heavy atom. The molecule has 16 heavy (non-hydrogen) atoms. The smallest absolute Gasteiger partial charge is 0.356 e. The Morgan fingerprint density at radius 1 is 1.44 bits per heavy atom. The number of thiazole rings is 1. The van der Waals surface area contributed by atoms with Gasteiger partial charge in [0.25, 0.3) is 0 Å². The summed E-state index contributed by atoms with van der Waals surface area (Å²) < 4.78 is 3.14. The summed E-state index contributed by atoms with van der Waals surface area (Å²) in [5, 5.41) is 11.0. The lowest BCUT2D eigenvalue weighted by Gasteiger charge is -1.98. The Hall–Kier alpha value is -2.15. The molecule has 0 unspecified atom stereocenters. The van der Waals surface area contributed by atoms with Crippen LogP contribution in [0.25, 0.3) is 10.8 Å². The minimum Gasteiger partial charge on any atom is -0.476 e. The van der Waals surface area contributed by atoms with E-state index in [1.165, 1.54) is 17.7 Å². The first-order chi connectivity index (χ1) is 7.77. The van der Waals surface area contributed by atoms with Crippen LogP contribution in [0.5, 0.6) is 0 Å². The predicted molar refractivity (Wildman–Crippen MR) is 57.2 cm³/mol. The van der Waals surface area contributed by atoms with Gasteiger partial charge in [-0.05, 0) is 0 Å². The predicted octanol–water partition coefficient (Wildman–Crippen LogP) is 1.28. The molecule has 7 heteroatoms. The van der Waals surface area contributed by atoms with Crippen molar-refractivity contribution >= 4 is 22.3 Å². The summed E-state index contributed by atoms with van der Waals surface area (Å²) in [5.41, 5.74) is 0.147. The normalized spacial score (nSPS) is 11.0. The van der Waals surface area contributed by atoms with Crippen LogP contribution in [0.1, 0.15) is 10.5 Å². The molecule has 0 radical (unpaired) electrons. The van der Waals surface area contributed by atoms with Crippen molar-refractivity contribution in [1.29, 1.82) is 0 Å². The largest absolute Gasteiger partial charge is 0.476 e. The summed E-state index contributed by atoms with van der Waals surface area (Å²) in [6, 6.07) is 0. The Morgan fingerprint density at radius 3 is 3.00 bits per heavy atom. The zero-order valence-corrected chi connectivity index (χ0v) is 8.76. The molecular formula is C9H6N4O2S. The molecule has 6 nitrogen and oxygen atoms in total. The number of rotatable bonds is 2. The molecule has 3 aromatic heterocycles. The van der Waals surface area contributed by atoms with Gasteiger partial charge in [-0.1, -0.05) is 0 Å². The first kappa shape index (κ1) is 9.10. The number of hydrogen-bond donors (Lipinski definition) is 1. The number of fused-ring (bicyclic) bond motifs is 1. The van der Waals surface area contributed by atoms with Gasteiger partial charge in [-0.3, -0.25) is 8.97 Å². The van der Waals surface area contributed by atoms with Gasteiger partial charge in [0.1, 0.15) is 6.33 Å². The van der Waals surface area contributed by atoms with Gasteiger partial charge in [-0.15, -0.1) is 11.3 Å². The number of aromatic nitrogens is 4. The first-order valence-electron chi connectivity index (χ1n) is 4.44. The number of nitrogens with zero attached hydrogens (tertiary/aromatic N) is 4. The Bertz CT molecular complexity index is 652. The van der Waals surface area contributed by atoms with Crippen LogP contribution in [-0.2, 0) is 0 Å². The molecule has 0 aromatic carbocycles. The lowest BCUT2D eigenvalue weighted by molar-refractivity contribution is 0.0689. The second-order valence-corrected chi connectivity index (χ2v) is 3.99. The van der Waals surface area contributed by atoms with Crippen LogP contribution >= 0.6 is 11.3 Å². The van der Waals surface area contributed by atoms with Crippen molar-refractivity contribution in [2.24, 2.45) is 0 Å². The zero-order valence-electron chi connectivity index (χ0n) is 7.94. The van der Waals surface area contributed by atoms with Crippen LogP contribution in [0.3, 0.4) is 0 Å². The van der Waals surface area contributed by atoms with Gasteiger partial charge in [0.15, 0.2) is 16.5 Å². The average molecular weight is 234 g/mol. The summed E-state index contributed by atoms with van der Waals surface area (Å²) in [6.07, 6.45) is 6.47. The maximum absolute atomic E-state index is 11.2. The number of imidazole rings is 2. The van der Waals surface area contributed by atoms with Crippen LogP contribution in [0.2, 0.25) is 0 Å². The molecule has 3 rings (SSSR count). The van der Waals surface area contributed by atoms with Gasteiger partial charge in [0, 0.05) is 24.0 Å². The highest BCUT2D eigenvalue weighted by Gasteiger charge is 2.20. The highest BCUT2D eigenvalue weighted by Crippen LogP contribution is 2.20. The fraction of sp³-hybridized carbons (Fsp3) is 0. The minimum absolute atomic E-state index is 0.147. The second-order valence-electron chi connectivity index (χ2n) is 3.11. The zero-order chi connectivity index (χ0) is 11.1. The van der Waals surface area contributed by atoms with E-state index in [2.05, 4.69) is 9.97 Å². The summed E-state index contributed by atoms with van der Waals surface area (Å²) >= 11 is 1.39. The molecule has 0 aliphatic heterocycles. The van der Waals surface area contributed by atoms with Crippen LogP contribution < -0.4 is 0 Å². The number of carbonyl (C=O) groups is 1. The van der Waals surface area contributed by atoms with Crippen LogP contribution in [0, 0.1) is 0 Å². The third-order valence-corrected chi connectivity index (χ3v) is 2.95. The van der Waals surface area contributed by atoms with Gasteiger partial charge < -0.3 is 5.11 Å². The van der Waals surface area contributed by atoms with Gasteiger partial charge in [-0.25, -0.2) is 9.78 Å². The summed E-state index contributed by atoms with van der Waals surface area (Å²) in [4.78, 5) is 20.0. The Labute approximate surface area is 93.4 Å². The molecule has 0 saturated carbocycles. The van der Waals surface area contributed by atoms with Crippen molar-refractivity contribution in [2.45, 2.75) is 0 Å². The van der Waals surface area contributed by atoms with E-state index in [4.69, 9.17) is 0 Å². The standard InChI is InChI=1S/C9H6N4O2S/c14-8(15)6-7(12-2-1-10-5-12)11-9-13(6)3-4-16-9/h1-5H,(H,14,15). The van der Waals surface area contributed by atoms with Gasteiger partial charge in [-0.2, -0.15) is 4.98 Å². The van der Waals surface area contributed by atoms with E-state index in [-0.39, 0.29) is 5.69 Å². The van der Waals surface area contributed by atoms with Crippen molar-refractivity contribution < 1.29 is 9.90 Å². The van der Waals surface area contributed by atoms with E-state index >= 15 is 0 Å². The van der Waals surface area contributed by atoms with Crippen LogP contribution in [0.4, 0.5) is 0 Å². The van der Waals surface area contributed by atoms with Crippen LogP contribution in [-0.4, -0.2) is 30.0 Å². The first-order valence-corrected chi connectivity index (χ1v) is 5.32. The SMILES string of the molecule is O=C(O)c1c(-n2ccnc2)nc2sccn12. The summed E-state index contributed by atoms with van der Waals surface area (Å²) in [7, 11) is 0.